The van der Waals surface area contributed by atoms with Crippen LogP contribution in [0.4, 0.5) is 16.4 Å². The van der Waals surface area contributed by atoms with E-state index in [1.54, 1.807) is 17.1 Å². The second-order valence-corrected chi connectivity index (χ2v) is 8.78. The van der Waals surface area contributed by atoms with Gasteiger partial charge in [-0.3, -0.25) is 4.68 Å². The van der Waals surface area contributed by atoms with Crippen molar-refractivity contribution in [1.82, 2.24) is 30.4 Å². The summed E-state index contributed by atoms with van der Waals surface area (Å²) in [6.07, 6.45) is 11.8. The number of nitrogens with one attached hydrogen (secondary N) is 3. The van der Waals surface area contributed by atoms with Crippen molar-refractivity contribution in [2.75, 3.05) is 5.32 Å². The Morgan fingerprint density at radius 1 is 1.25 bits per heavy atom. The maximum Gasteiger partial charge on any atom is 0.315 e. The van der Waals surface area contributed by atoms with E-state index in [-0.39, 0.29) is 11.6 Å². The Hall–Kier alpha value is -3.68. The molecule has 0 atom stereocenters. The fraction of sp³-hybridized carbons (Fsp3) is 0.333. The van der Waals surface area contributed by atoms with Crippen LogP contribution in [0, 0.1) is 6.92 Å². The largest absolute Gasteiger partial charge is 0.334 e. The minimum atomic E-state index is -0.0867. The minimum Gasteiger partial charge on any atom is -0.334 e. The van der Waals surface area contributed by atoms with Gasteiger partial charge in [0.2, 0.25) is 5.95 Å². The smallest absolute Gasteiger partial charge is 0.315 e. The van der Waals surface area contributed by atoms with Gasteiger partial charge in [0.15, 0.2) is 0 Å². The Kier molecular flexibility index (Phi) is 5.13. The molecule has 3 N–H and O–H groups in total. The van der Waals surface area contributed by atoms with Crippen LogP contribution in [-0.4, -0.2) is 31.3 Å². The fourth-order valence-electron chi connectivity index (χ4n) is 4.55. The van der Waals surface area contributed by atoms with Crippen LogP contribution in [-0.2, 0) is 13.6 Å². The van der Waals surface area contributed by atoms with E-state index in [0.29, 0.717) is 12.5 Å². The number of allylic oxidation sites excluding steroid dienone is 1. The molecular formula is C24H27N7O. The molecule has 1 aromatic carbocycles. The van der Waals surface area contributed by atoms with E-state index in [2.05, 4.69) is 50.1 Å². The van der Waals surface area contributed by atoms with Crippen LogP contribution in [0.25, 0.3) is 11.3 Å². The number of anilines is 2. The lowest BCUT2D eigenvalue weighted by atomic mass is 9.66. The maximum absolute atomic E-state index is 12.4. The molecule has 0 unspecified atom stereocenters. The zero-order chi connectivity index (χ0) is 22.1. The van der Waals surface area contributed by atoms with Gasteiger partial charge in [0.05, 0.1) is 17.6 Å². The van der Waals surface area contributed by atoms with Gasteiger partial charge >= 0.3 is 6.03 Å². The third kappa shape index (κ3) is 4.21. The minimum absolute atomic E-state index is 0.0123. The molecule has 3 aliphatic carbocycles. The van der Waals surface area contributed by atoms with Crippen molar-refractivity contribution >= 4 is 17.7 Å². The highest BCUT2D eigenvalue weighted by Crippen LogP contribution is 2.45. The topological polar surface area (TPSA) is 96.8 Å². The van der Waals surface area contributed by atoms with E-state index in [1.807, 2.05) is 31.4 Å². The molecule has 6 rings (SSSR count). The summed E-state index contributed by atoms with van der Waals surface area (Å²) in [7, 11) is 1.86. The summed E-state index contributed by atoms with van der Waals surface area (Å²) in [5.41, 5.74) is 6.32. The average Bonchev–Trinajstić information content (AvgIpc) is 3.17. The van der Waals surface area contributed by atoms with E-state index in [9.17, 15) is 4.79 Å². The SMILES string of the molecule is Cc1cc(-c2ccnc(Nc3cnn(C)c3)n2)ccc1CNC(=O)NC12CCC=C(C1)C2. The first-order valence-corrected chi connectivity index (χ1v) is 10.9. The molecule has 0 saturated heterocycles. The molecule has 1 fully saturated rings. The molecule has 2 aromatic heterocycles. The van der Waals surface area contributed by atoms with E-state index < -0.39 is 0 Å². The first-order chi connectivity index (χ1) is 15.5. The molecule has 3 aromatic rings. The third-order valence-corrected chi connectivity index (χ3v) is 6.26. The first kappa shape index (κ1) is 20.2. The van der Waals surface area contributed by atoms with E-state index in [0.717, 1.165) is 53.8 Å². The number of rotatable bonds is 6. The first-order valence-electron chi connectivity index (χ1n) is 10.9. The second-order valence-electron chi connectivity index (χ2n) is 8.78. The monoisotopic (exact) mass is 429 g/mol. The Morgan fingerprint density at radius 2 is 2.12 bits per heavy atom. The molecule has 8 nitrogen and oxygen atoms in total. The molecule has 0 radical (unpaired) electrons. The molecule has 0 spiro atoms. The summed E-state index contributed by atoms with van der Waals surface area (Å²) in [6, 6.07) is 7.97. The number of aromatic nitrogens is 4. The number of carbonyl (C=O) groups is 1. The lowest BCUT2D eigenvalue weighted by molar-refractivity contribution is 0.195. The van der Waals surface area contributed by atoms with E-state index in [1.165, 1.54) is 5.57 Å². The number of benzene rings is 1. The van der Waals surface area contributed by atoms with Gasteiger partial charge in [-0.15, -0.1) is 0 Å². The van der Waals surface area contributed by atoms with Crippen LogP contribution in [0.2, 0.25) is 0 Å². The second kappa shape index (κ2) is 8.11. The number of hydrogen-bond acceptors (Lipinski definition) is 5. The van der Waals surface area contributed by atoms with Crippen LogP contribution in [0.15, 0.2) is 54.5 Å². The number of nitrogens with zero attached hydrogens (tertiary/aromatic N) is 4. The lowest BCUT2D eigenvalue weighted by Crippen LogP contribution is -2.58. The van der Waals surface area contributed by atoms with Crippen molar-refractivity contribution in [3.8, 4) is 11.3 Å². The summed E-state index contributed by atoms with van der Waals surface area (Å²) < 4.78 is 1.72. The van der Waals surface area contributed by atoms with Crippen LogP contribution in [0.1, 0.15) is 36.8 Å². The summed E-state index contributed by atoms with van der Waals surface area (Å²) in [5.74, 6) is 0.520. The number of carbonyl (C=O) groups excluding carboxylic acids is 1. The van der Waals surface area contributed by atoms with Crippen LogP contribution in [0.3, 0.4) is 0 Å². The highest BCUT2D eigenvalue weighted by Gasteiger charge is 2.43. The molecule has 32 heavy (non-hydrogen) atoms. The van der Waals surface area contributed by atoms with Gasteiger partial charge in [0, 0.05) is 37.1 Å². The van der Waals surface area contributed by atoms with Crippen molar-refractivity contribution in [2.45, 2.75) is 44.7 Å². The van der Waals surface area contributed by atoms with Crippen molar-refractivity contribution in [3.63, 3.8) is 0 Å². The van der Waals surface area contributed by atoms with E-state index >= 15 is 0 Å². The third-order valence-electron chi connectivity index (χ3n) is 6.26. The molecule has 164 valence electrons. The Morgan fingerprint density at radius 3 is 2.84 bits per heavy atom. The molecule has 3 aliphatic rings. The van der Waals surface area contributed by atoms with Gasteiger partial charge in [-0.2, -0.15) is 5.10 Å². The van der Waals surface area contributed by atoms with Gasteiger partial charge in [0.1, 0.15) is 0 Å². The maximum atomic E-state index is 12.4. The predicted molar refractivity (Wildman–Crippen MR) is 123 cm³/mol. The van der Waals surface area contributed by atoms with Gasteiger partial charge < -0.3 is 16.0 Å². The Balaban J connectivity index is 1.22. The quantitative estimate of drug-likeness (QED) is 0.515. The van der Waals surface area contributed by atoms with Crippen molar-refractivity contribution in [2.24, 2.45) is 7.05 Å². The molecule has 2 amide bonds. The number of fused-ring (bicyclic) bond motifs is 2. The lowest BCUT2D eigenvalue weighted by Gasteiger charge is -2.47. The van der Waals surface area contributed by atoms with Crippen molar-refractivity contribution in [3.05, 3.63) is 65.6 Å². The number of hydrogen-bond donors (Lipinski definition) is 3. The summed E-state index contributed by atoms with van der Waals surface area (Å²) >= 11 is 0. The van der Waals surface area contributed by atoms with Gasteiger partial charge in [-0.25, -0.2) is 14.8 Å². The standard InChI is InChI=1S/C24H27N7O/c1-16-10-18(21-7-9-25-22(29-21)28-20-14-27-31(2)15-20)5-6-19(16)13-26-23(32)30-24-8-3-4-17(11-24)12-24/h4-7,9-10,14-15H,3,8,11-13H2,1-2H3,(H,25,28,29)(H2,26,30,32). The average molecular weight is 430 g/mol. The number of amides is 2. The highest BCUT2D eigenvalue weighted by molar-refractivity contribution is 5.75. The molecule has 2 bridgehead atoms. The predicted octanol–water partition coefficient (Wildman–Crippen LogP) is 3.98. The highest BCUT2D eigenvalue weighted by atomic mass is 16.2. The van der Waals surface area contributed by atoms with Crippen LogP contribution < -0.4 is 16.0 Å². The number of urea groups is 1. The van der Waals surface area contributed by atoms with E-state index in [4.69, 9.17) is 0 Å². The van der Waals surface area contributed by atoms with Crippen molar-refractivity contribution < 1.29 is 4.79 Å². The summed E-state index contributed by atoms with van der Waals surface area (Å²) in [4.78, 5) is 21.4. The van der Waals surface area contributed by atoms with Gasteiger partial charge in [0.25, 0.3) is 0 Å². The van der Waals surface area contributed by atoms with Gasteiger partial charge in [-0.05, 0) is 55.9 Å². The van der Waals surface area contributed by atoms with Crippen LogP contribution >= 0.6 is 0 Å². The number of aryl methyl sites for hydroxylation is 2. The molecule has 2 heterocycles. The molecule has 0 aliphatic heterocycles. The fourth-order valence-corrected chi connectivity index (χ4v) is 4.55. The summed E-state index contributed by atoms with van der Waals surface area (Å²) in [5, 5.41) is 13.5. The summed E-state index contributed by atoms with van der Waals surface area (Å²) in [6.45, 7) is 2.55. The molecular weight excluding hydrogens is 402 g/mol. The normalized spacial score (nSPS) is 16.0. The molecule has 1 saturated carbocycles. The van der Waals surface area contributed by atoms with Crippen molar-refractivity contribution in [1.29, 1.82) is 0 Å². The zero-order valence-corrected chi connectivity index (χ0v) is 18.4. The van der Waals surface area contributed by atoms with Gasteiger partial charge in [-0.1, -0.05) is 23.8 Å². The Bertz CT molecular complexity index is 1190. The Labute approximate surface area is 187 Å². The molecule has 8 heteroatoms. The van der Waals surface area contributed by atoms with Crippen LogP contribution in [0.5, 0.6) is 0 Å². The zero-order valence-electron chi connectivity index (χ0n) is 18.4.